The largest absolute Gasteiger partial charge is 0.310 e. The standard InChI is InChI=1S/C48H31BrN2S/c49-44-20-9-7-18-39(44)33-22-24-36(25-23-33)50(35-15-5-2-6-16-35)38-26-27-45-41(29-38)42-31-48-43(40-19-8-10-21-47(40)52-48)30-46(42)51(45)37-17-11-14-34(28-37)32-12-3-1-4-13-32/h1-31H. The van der Waals surface area contributed by atoms with Crippen LogP contribution in [0.25, 0.3) is 69.9 Å². The molecule has 2 nitrogen and oxygen atoms in total. The number of hydrogen-bond acceptors (Lipinski definition) is 2. The molecule has 10 rings (SSSR count). The molecule has 2 heterocycles. The predicted octanol–water partition coefficient (Wildman–Crippen LogP) is 14.7. The van der Waals surface area contributed by atoms with Crippen LogP contribution in [0.15, 0.2) is 193 Å². The van der Waals surface area contributed by atoms with Gasteiger partial charge in [-0.1, -0.05) is 125 Å². The van der Waals surface area contributed by atoms with Crippen LogP contribution in [-0.2, 0) is 0 Å². The van der Waals surface area contributed by atoms with Crippen LogP contribution >= 0.6 is 27.3 Å². The van der Waals surface area contributed by atoms with Gasteiger partial charge in [0.1, 0.15) is 0 Å². The molecule has 0 atom stereocenters. The fourth-order valence-electron chi connectivity index (χ4n) is 7.61. The number of nitrogens with zero attached hydrogens (tertiary/aromatic N) is 2. The number of anilines is 3. The van der Waals surface area contributed by atoms with Gasteiger partial charge in [0, 0.05) is 58.2 Å². The van der Waals surface area contributed by atoms with Crippen molar-refractivity contribution >= 4 is 86.3 Å². The van der Waals surface area contributed by atoms with Gasteiger partial charge in [-0.3, -0.25) is 0 Å². The third-order valence-corrected chi connectivity index (χ3v) is 11.9. The number of halogens is 1. The number of thiophene rings is 1. The lowest BCUT2D eigenvalue weighted by Gasteiger charge is -2.26. The highest BCUT2D eigenvalue weighted by atomic mass is 79.9. The van der Waals surface area contributed by atoms with Crippen LogP contribution in [0.2, 0.25) is 0 Å². The number of benzene rings is 8. The van der Waals surface area contributed by atoms with Crippen molar-refractivity contribution in [1.82, 2.24) is 4.57 Å². The molecule has 2 aromatic heterocycles. The number of hydrogen-bond donors (Lipinski definition) is 0. The van der Waals surface area contributed by atoms with Crippen molar-refractivity contribution in [2.75, 3.05) is 4.90 Å². The van der Waals surface area contributed by atoms with Gasteiger partial charge in [-0.25, -0.2) is 0 Å². The summed E-state index contributed by atoms with van der Waals surface area (Å²) in [7, 11) is 0. The Morgan fingerprint density at radius 2 is 1.08 bits per heavy atom. The maximum Gasteiger partial charge on any atom is 0.0548 e. The average molecular weight is 748 g/mol. The summed E-state index contributed by atoms with van der Waals surface area (Å²) in [5.74, 6) is 0. The molecule has 0 unspecified atom stereocenters. The molecular formula is C48H31BrN2S. The Bertz CT molecular complexity index is 2910. The minimum Gasteiger partial charge on any atom is -0.310 e. The predicted molar refractivity (Wildman–Crippen MR) is 227 cm³/mol. The first-order chi connectivity index (χ1) is 25.7. The highest BCUT2D eigenvalue weighted by molar-refractivity contribution is 9.10. The van der Waals surface area contributed by atoms with Crippen LogP contribution in [0.3, 0.4) is 0 Å². The molecule has 246 valence electrons. The molecule has 0 aliphatic carbocycles. The van der Waals surface area contributed by atoms with E-state index >= 15 is 0 Å². The van der Waals surface area contributed by atoms with Gasteiger partial charge in [-0.15, -0.1) is 11.3 Å². The van der Waals surface area contributed by atoms with Crippen LogP contribution in [0.1, 0.15) is 0 Å². The van der Waals surface area contributed by atoms with E-state index in [1.807, 2.05) is 11.3 Å². The van der Waals surface area contributed by atoms with Crippen LogP contribution in [0.5, 0.6) is 0 Å². The summed E-state index contributed by atoms with van der Waals surface area (Å²) in [6, 6.07) is 68.1. The zero-order valence-electron chi connectivity index (χ0n) is 28.1. The summed E-state index contributed by atoms with van der Waals surface area (Å²) in [6.45, 7) is 0. The Kier molecular flexibility index (Phi) is 7.52. The van der Waals surface area contributed by atoms with E-state index in [9.17, 15) is 0 Å². The van der Waals surface area contributed by atoms with Gasteiger partial charge in [0.25, 0.3) is 0 Å². The third kappa shape index (κ3) is 5.22. The van der Waals surface area contributed by atoms with E-state index in [1.165, 1.54) is 64.2 Å². The van der Waals surface area contributed by atoms with Gasteiger partial charge in [0.05, 0.1) is 11.0 Å². The van der Waals surface area contributed by atoms with Crippen molar-refractivity contribution in [2.45, 2.75) is 0 Å². The summed E-state index contributed by atoms with van der Waals surface area (Å²) in [6.07, 6.45) is 0. The van der Waals surface area contributed by atoms with Crippen molar-refractivity contribution in [3.05, 3.63) is 193 Å². The lowest BCUT2D eigenvalue weighted by molar-refractivity contribution is 1.18. The minimum atomic E-state index is 1.09. The van der Waals surface area contributed by atoms with Gasteiger partial charge >= 0.3 is 0 Å². The van der Waals surface area contributed by atoms with Crippen molar-refractivity contribution in [3.8, 4) is 27.9 Å². The molecule has 0 aliphatic heterocycles. The van der Waals surface area contributed by atoms with Crippen molar-refractivity contribution < 1.29 is 0 Å². The van der Waals surface area contributed by atoms with Gasteiger partial charge < -0.3 is 9.47 Å². The highest BCUT2D eigenvalue weighted by Crippen LogP contribution is 2.44. The van der Waals surface area contributed by atoms with Gasteiger partial charge in [0.15, 0.2) is 0 Å². The van der Waals surface area contributed by atoms with Crippen molar-refractivity contribution in [3.63, 3.8) is 0 Å². The fraction of sp³-hybridized carbons (Fsp3) is 0. The van der Waals surface area contributed by atoms with E-state index in [1.54, 1.807) is 0 Å². The Balaban J connectivity index is 1.20. The first-order valence-corrected chi connectivity index (χ1v) is 19.1. The quantitative estimate of drug-likeness (QED) is 0.164. The molecule has 0 bridgehead atoms. The van der Waals surface area contributed by atoms with Gasteiger partial charge in [0.2, 0.25) is 0 Å². The summed E-state index contributed by atoms with van der Waals surface area (Å²) < 4.78 is 6.16. The Labute approximate surface area is 314 Å². The lowest BCUT2D eigenvalue weighted by atomic mass is 10.0. The molecule has 0 spiro atoms. The average Bonchev–Trinajstić information content (AvgIpc) is 3.73. The number of para-hydroxylation sites is 1. The summed E-state index contributed by atoms with van der Waals surface area (Å²) in [4.78, 5) is 2.36. The Hall–Kier alpha value is -5.94. The molecule has 10 aromatic rings. The molecule has 0 aliphatic rings. The maximum atomic E-state index is 3.74. The first-order valence-electron chi connectivity index (χ1n) is 17.5. The van der Waals surface area contributed by atoms with E-state index in [0.717, 1.165) is 27.2 Å². The fourth-order valence-corrected chi connectivity index (χ4v) is 9.25. The van der Waals surface area contributed by atoms with E-state index < -0.39 is 0 Å². The lowest BCUT2D eigenvalue weighted by Crippen LogP contribution is -2.09. The molecular weight excluding hydrogens is 717 g/mol. The van der Waals surface area contributed by atoms with Crippen molar-refractivity contribution in [2.24, 2.45) is 0 Å². The van der Waals surface area contributed by atoms with E-state index in [2.05, 4.69) is 213 Å². The number of fused-ring (bicyclic) bond motifs is 6. The van der Waals surface area contributed by atoms with Crippen LogP contribution in [-0.4, -0.2) is 4.57 Å². The molecule has 4 heteroatoms. The van der Waals surface area contributed by atoms with E-state index in [4.69, 9.17) is 0 Å². The first kappa shape index (κ1) is 30.8. The normalized spacial score (nSPS) is 11.6. The zero-order chi connectivity index (χ0) is 34.6. The van der Waals surface area contributed by atoms with Crippen LogP contribution < -0.4 is 4.90 Å². The molecule has 0 radical (unpaired) electrons. The van der Waals surface area contributed by atoms with E-state index in [-0.39, 0.29) is 0 Å². The Morgan fingerprint density at radius 1 is 0.404 bits per heavy atom. The highest BCUT2D eigenvalue weighted by Gasteiger charge is 2.19. The summed E-state index contributed by atoms with van der Waals surface area (Å²) >= 11 is 5.62. The smallest absolute Gasteiger partial charge is 0.0548 e. The molecule has 0 fully saturated rings. The number of rotatable bonds is 6. The topological polar surface area (TPSA) is 8.17 Å². The second kappa shape index (κ2) is 12.7. The molecule has 0 saturated heterocycles. The van der Waals surface area contributed by atoms with Crippen LogP contribution in [0.4, 0.5) is 17.1 Å². The minimum absolute atomic E-state index is 1.09. The van der Waals surface area contributed by atoms with E-state index in [0.29, 0.717) is 0 Å². The van der Waals surface area contributed by atoms with Crippen molar-refractivity contribution in [1.29, 1.82) is 0 Å². The monoisotopic (exact) mass is 746 g/mol. The zero-order valence-corrected chi connectivity index (χ0v) is 30.5. The molecule has 8 aromatic carbocycles. The SMILES string of the molecule is Brc1ccccc1-c1ccc(N(c2ccccc2)c2ccc3c(c2)c2cc4sc5ccccc5c4cc2n3-c2cccc(-c3ccccc3)c2)cc1. The third-order valence-electron chi connectivity index (χ3n) is 10.0. The Morgan fingerprint density at radius 3 is 1.90 bits per heavy atom. The molecule has 0 amide bonds. The second-order valence-electron chi connectivity index (χ2n) is 13.1. The summed E-state index contributed by atoms with van der Waals surface area (Å²) in [5, 5.41) is 5.08. The maximum absolute atomic E-state index is 3.74. The molecule has 0 saturated carbocycles. The van der Waals surface area contributed by atoms with Gasteiger partial charge in [-0.2, -0.15) is 0 Å². The second-order valence-corrected chi connectivity index (χ2v) is 15.1. The molecule has 52 heavy (non-hydrogen) atoms. The summed E-state index contributed by atoms with van der Waals surface area (Å²) in [5.41, 5.74) is 11.6. The van der Waals surface area contributed by atoms with Crippen LogP contribution in [0, 0.1) is 0 Å². The van der Waals surface area contributed by atoms with Gasteiger partial charge in [-0.05, 0) is 101 Å². The molecule has 0 N–H and O–H groups in total. The number of aromatic nitrogens is 1.